The number of aromatic nitrogens is 1. The van der Waals surface area contributed by atoms with E-state index >= 15 is 0 Å². The van der Waals surface area contributed by atoms with Crippen LogP contribution in [0.1, 0.15) is 20.7 Å². The van der Waals surface area contributed by atoms with Gasteiger partial charge in [-0.1, -0.05) is 24.3 Å². The highest BCUT2D eigenvalue weighted by Crippen LogP contribution is 2.28. The first kappa shape index (κ1) is 16.3. The average molecular weight is 335 g/mol. The second-order valence-corrected chi connectivity index (χ2v) is 5.26. The van der Waals surface area contributed by atoms with E-state index in [1.165, 1.54) is 23.2 Å². The number of pyridine rings is 1. The van der Waals surface area contributed by atoms with Crippen LogP contribution in [0.5, 0.6) is 0 Å². The number of rotatable bonds is 4. The number of anilines is 2. The monoisotopic (exact) mass is 335 g/mol. The minimum Gasteiger partial charge on any atom is -0.366 e. The van der Waals surface area contributed by atoms with Gasteiger partial charge in [0, 0.05) is 17.4 Å². The molecule has 0 saturated heterocycles. The molecule has 0 unspecified atom stereocenters. The summed E-state index contributed by atoms with van der Waals surface area (Å²) in [5, 5.41) is 0. The van der Waals surface area contributed by atoms with E-state index in [1.54, 1.807) is 42.5 Å². The SMILES string of the molecule is NC(=O)c1cccc(N(C(=O)c2ccc(F)nc2)c2ccccc2)c1. The lowest BCUT2D eigenvalue weighted by atomic mass is 10.1. The van der Waals surface area contributed by atoms with Crippen LogP contribution in [0, 0.1) is 5.95 Å². The quantitative estimate of drug-likeness (QED) is 0.743. The molecule has 3 rings (SSSR count). The summed E-state index contributed by atoms with van der Waals surface area (Å²) in [6, 6.07) is 17.8. The van der Waals surface area contributed by atoms with E-state index in [1.807, 2.05) is 6.07 Å². The first-order valence-corrected chi connectivity index (χ1v) is 7.47. The number of amides is 2. The molecule has 0 radical (unpaired) electrons. The highest BCUT2D eigenvalue weighted by Gasteiger charge is 2.21. The van der Waals surface area contributed by atoms with Crippen molar-refractivity contribution >= 4 is 23.2 Å². The first-order valence-electron chi connectivity index (χ1n) is 7.47. The predicted octanol–water partition coefficient (Wildman–Crippen LogP) is 3.30. The zero-order valence-electron chi connectivity index (χ0n) is 13.1. The Kier molecular flexibility index (Phi) is 4.52. The molecule has 3 aromatic rings. The molecule has 0 aliphatic carbocycles. The Morgan fingerprint density at radius 3 is 2.24 bits per heavy atom. The van der Waals surface area contributed by atoms with E-state index < -0.39 is 17.8 Å². The fourth-order valence-electron chi connectivity index (χ4n) is 2.39. The summed E-state index contributed by atoms with van der Waals surface area (Å²) in [7, 11) is 0. The van der Waals surface area contributed by atoms with Crippen molar-refractivity contribution in [1.82, 2.24) is 4.98 Å². The van der Waals surface area contributed by atoms with Gasteiger partial charge in [0.15, 0.2) is 0 Å². The summed E-state index contributed by atoms with van der Waals surface area (Å²) in [6.07, 6.45) is 1.17. The van der Waals surface area contributed by atoms with E-state index in [9.17, 15) is 14.0 Å². The molecule has 1 heterocycles. The Balaban J connectivity index is 2.10. The molecule has 2 N–H and O–H groups in total. The zero-order valence-corrected chi connectivity index (χ0v) is 13.1. The van der Waals surface area contributed by atoms with Crippen LogP contribution in [0.15, 0.2) is 72.9 Å². The van der Waals surface area contributed by atoms with E-state index in [4.69, 9.17) is 5.73 Å². The fourth-order valence-corrected chi connectivity index (χ4v) is 2.39. The van der Waals surface area contributed by atoms with Gasteiger partial charge < -0.3 is 5.73 Å². The molecule has 0 fully saturated rings. The lowest BCUT2D eigenvalue weighted by Gasteiger charge is -2.23. The van der Waals surface area contributed by atoms with Crippen LogP contribution < -0.4 is 10.6 Å². The van der Waals surface area contributed by atoms with Gasteiger partial charge in [0.25, 0.3) is 5.91 Å². The standard InChI is InChI=1S/C19H14FN3O2/c20-17-10-9-14(12-22-17)19(25)23(15-6-2-1-3-7-15)16-8-4-5-13(11-16)18(21)24/h1-12H,(H2,21,24). The number of primary amides is 1. The molecule has 124 valence electrons. The van der Waals surface area contributed by atoms with Gasteiger partial charge in [-0.2, -0.15) is 4.39 Å². The molecule has 6 heteroatoms. The van der Waals surface area contributed by atoms with Crippen LogP contribution in [0.4, 0.5) is 15.8 Å². The van der Waals surface area contributed by atoms with Gasteiger partial charge in [-0.15, -0.1) is 0 Å². The molecule has 0 aliphatic heterocycles. The lowest BCUT2D eigenvalue weighted by Crippen LogP contribution is -2.26. The van der Waals surface area contributed by atoms with Gasteiger partial charge >= 0.3 is 0 Å². The number of benzene rings is 2. The molecule has 0 aliphatic rings. The van der Waals surface area contributed by atoms with Crippen molar-refractivity contribution in [3.63, 3.8) is 0 Å². The van der Waals surface area contributed by atoms with Gasteiger partial charge in [-0.25, -0.2) is 4.98 Å². The van der Waals surface area contributed by atoms with Gasteiger partial charge in [0.1, 0.15) is 0 Å². The van der Waals surface area contributed by atoms with Crippen LogP contribution in [-0.4, -0.2) is 16.8 Å². The van der Waals surface area contributed by atoms with E-state index in [2.05, 4.69) is 4.98 Å². The van der Waals surface area contributed by atoms with Gasteiger partial charge in [-0.05, 0) is 42.5 Å². The fraction of sp³-hybridized carbons (Fsp3) is 0. The Morgan fingerprint density at radius 1 is 0.880 bits per heavy atom. The predicted molar refractivity (Wildman–Crippen MR) is 92.1 cm³/mol. The first-order chi connectivity index (χ1) is 12.1. The van der Waals surface area contributed by atoms with Crippen molar-refractivity contribution in [3.05, 3.63) is 90.0 Å². The number of nitrogens with two attached hydrogens (primary N) is 1. The number of nitrogens with zero attached hydrogens (tertiary/aromatic N) is 2. The highest BCUT2D eigenvalue weighted by atomic mass is 19.1. The minimum atomic E-state index is -0.668. The Bertz CT molecular complexity index is 911. The number of halogens is 1. The van der Waals surface area contributed by atoms with E-state index in [-0.39, 0.29) is 11.1 Å². The van der Waals surface area contributed by atoms with Gasteiger partial charge in [-0.3, -0.25) is 14.5 Å². The molecule has 0 spiro atoms. The van der Waals surface area contributed by atoms with Crippen molar-refractivity contribution < 1.29 is 14.0 Å². The molecule has 0 saturated carbocycles. The third kappa shape index (κ3) is 3.53. The third-order valence-electron chi connectivity index (χ3n) is 3.58. The van der Waals surface area contributed by atoms with E-state index in [0.29, 0.717) is 11.4 Å². The van der Waals surface area contributed by atoms with Crippen molar-refractivity contribution in [2.24, 2.45) is 5.73 Å². The number of carbonyl (C=O) groups is 2. The lowest BCUT2D eigenvalue weighted by molar-refractivity contribution is 0.0988. The molecule has 1 aromatic heterocycles. The summed E-state index contributed by atoms with van der Waals surface area (Å²) in [5.41, 5.74) is 6.89. The minimum absolute atomic E-state index is 0.217. The maximum absolute atomic E-state index is 13.1. The summed E-state index contributed by atoms with van der Waals surface area (Å²) in [5.74, 6) is -1.66. The number of hydrogen-bond donors (Lipinski definition) is 1. The molecular weight excluding hydrogens is 321 g/mol. The Morgan fingerprint density at radius 2 is 1.60 bits per heavy atom. The molecular formula is C19H14FN3O2. The van der Waals surface area contributed by atoms with Crippen LogP contribution in [0.25, 0.3) is 0 Å². The Labute approximate surface area is 143 Å². The van der Waals surface area contributed by atoms with E-state index in [0.717, 1.165) is 6.07 Å². The molecule has 5 nitrogen and oxygen atoms in total. The van der Waals surface area contributed by atoms with Gasteiger partial charge in [0.05, 0.1) is 11.3 Å². The average Bonchev–Trinajstić information content (AvgIpc) is 2.63. The maximum atomic E-state index is 13.1. The van der Waals surface area contributed by atoms with Crippen molar-refractivity contribution in [1.29, 1.82) is 0 Å². The molecule has 2 aromatic carbocycles. The summed E-state index contributed by atoms with van der Waals surface area (Å²) in [4.78, 5) is 29.4. The topological polar surface area (TPSA) is 76.3 Å². The summed E-state index contributed by atoms with van der Waals surface area (Å²) < 4.78 is 13.1. The molecule has 25 heavy (non-hydrogen) atoms. The van der Waals surface area contributed by atoms with Crippen LogP contribution in [-0.2, 0) is 0 Å². The maximum Gasteiger partial charge on any atom is 0.264 e. The second kappa shape index (κ2) is 6.92. The Hall–Kier alpha value is -3.54. The molecule has 0 atom stereocenters. The van der Waals surface area contributed by atoms with Crippen molar-refractivity contribution in [2.45, 2.75) is 0 Å². The summed E-state index contributed by atoms with van der Waals surface area (Å²) in [6.45, 7) is 0. The third-order valence-corrected chi connectivity index (χ3v) is 3.58. The molecule has 2 amide bonds. The number of para-hydroxylation sites is 1. The summed E-state index contributed by atoms with van der Waals surface area (Å²) >= 11 is 0. The van der Waals surface area contributed by atoms with Gasteiger partial charge in [0.2, 0.25) is 11.9 Å². The van der Waals surface area contributed by atoms with Crippen molar-refractivity contribution in [2.75, 3.05) is 4.90 Å². The van der Waals surface area contributed by atoms with Crippen LogP contribution in [0.3, 0.4) is 0 Å². The second-order valence-electron chi connectivity index (χ2n) is 5.26. The highest BCUT2D eigenvalue weighted by molar-refractivity contribution is 6.11. The number of carbonyl (C=O) groups excluding carboxylic acids is 2. The largest absolute Gasteiger partial charge is 0.366 e. The molecule has 0 bridgehead atoms. The number of hydrogen-bond acceptors (Lipinski definition) is 3. The van der Waals surface area contributed by atoms with Crippen LogP contribution >= 0.6 is 0 Å². The van der Waals surface area contributed by atoms with Crippen LogP contribution in [0.2, 0.25) is 0 Å². The normalized spacial score (nSPS) is 10.3. The smallest absolute Gasteiger partial charge is 0.264 e. The van der Waals surface area contributed by atoms with Crippen molar-refractivity contribution in [3.8, 4) is 0 Å². The zero-order chi connectivity index (χ0) is 17.8.